The molecule has 7 nitrogen and oxygen atoms in total. The third kappa shape index (κ3) is 7.44. The van der Waals surface area contributed by atoms with E-state index in [0.29, 0.717) is 25.2 Å². The summed E-state index contributed by atoms with van der Waals surface area (Å²) in [7, 11) is -4.55. The summed E-state index contributed by atoms with van der Waals surface area (Å²) >= 11 is 0. The van der Waals surface area contributed by atoms with Gasteiger partial charge in [-0.05, 0) is 79.2 Å². The number of phosphoric acid groups is 1. The number of benzene rings is 2. The van der Waals surface area contributed by atoms with Crippen LogP contribution in [0.15, 0.2) is 42.5 Å². The van der Waals surface area contributed by atoms with Crippen LogP contribution in [0.5, 0.6) is 11.5 Å². The van der Waals surface area contributed by atoms with Crippen molar-refractivity contribution in [2.75, 3.05) is 13.2 Å². The van der Waals surface area contributed by atoms with Crippen LogP contribution in [-0.2, 0) is 21.9 Å². The molecular weight excluding hydrogens is 486 g/mol. The molecule has 35 heavy (non-hydrogen) atoms. The highest BCUT2D eigenvalue weighted by molar-refractivity contribution is 7.46. The van der Waals surface area contributed by atoms with Crippen LogP contribution in [-0.4, -0.2) is 34.9 Å². The highest BCUT2D eigenvalue weighted by atomic mass is 31.2. The van der Waals surface area contributed by atoms with Crippen LogP contribution in [0, 0.1) is 5.92 Å². The van der Waals surface area contributed by atoms with Crippen molar-refractivity contribution >= 4 is 7.82 Å². The fourth-order valence-corrected chi connectivity index (χ4v) is 5.43. The van der Waals surface area contributed by atoms with Gasteiger partial charge in [0.1, 0.15) is 11.5 Å². The zero-order valence-corrected chi connectivity index (χ0v) is 19.9. The number of hydrogen-bond donors (Lipinski definition) is 3. The van der Waals surface area contributed by atoms with Gasteiger partial charge in [0, 0.05) is 11.6 Å². The van der Waals surface area contributed by atoms with Gasteiger partial charge in [-0.3, -0.25) is 4.52 Å². The zero-order chi connectivity index (χ0) is 25.3. The van der Waals surface area contributed by atoms with E-state index in [4.69, 9.17) is 20.3 Å². The Balaban J connectivity index is 1.32. The minimum absolute atomic E-state index is 0.175. The standard InChI is InChI=1S/C24H29F3NO6P/c25-24(26,27)34-22-3-1-2-21(12-22)32-14-16-4-5-18-11-19(7-6-17(18)10-16)20-8-9-23(28,13-20)15-33-35(29,30)31/h1-3,6-7,11-12,16,20H,4-5,8-10,13-15,28H2,(H2,29,30,31)/t16-,20+,23-/m1/s1. The molecule has 11 heteroatoms. The summed E-state index contributed by atoms with van der Waals surface area (Å²) in [5.74, 6) is 0.479. The van der Waals surface area contributed by atoms with Gasteiger partial charge in [0.15, 0.2) is 0 Å². The molecule has 0 aliphatic heterocycles. The first-order valence-electron chi connectivity index (χ1n) is 11.5. The normalized spacial score (nSPS) is 24.7. The molecule has 3 atom stereocenters. The summed E-state index contributed by atoms with van der Waals surface area (Å²) in [6.07, 6.45) is -0.107. The maximum atomic E-state index is 12.4. The number of hydrogen-bond acceptors (Lipinski definition) is 5. The van der Waals surface area contributed by atoms with Gasteiger partial charge in [-0.15, -0.1) is 13.2 Å². The molecule has 4 rings (SSSR count). The molecule has 0 spiro atoms. The number of alkyl halides is 3. The lowest BCUT2D eigenvalue weighted by atomic mass is 9.82. The van der Waals surface area contributed by atoms with Gasteiger partial charge in [-0.25, -0.2) is 4.57 Å². The molecule has 0 unspecified atom stereocenters. The Kier molecular flexibility index (Phi) is 7.50. The summed E-state index contributed by atoms with van der Waals surface area (Å²) in [5, 5.41) is 0. The van der Waals surface area contributed by atoms with Crippen LogP contribution in [0.2, 0.25) is 0 Å². The van der Waals surface area contributed by atoms with Gasteiger partial charge in [0.25, 0.3) is 0 Å². The Labute approximate surface area is 201 Å². The molecule has 0 bridgehead atoms. The average Bonchev–Trinajstić information content (AvgIpc) is 3.17. The molecule has 2 aromatic carbocycles. The summed E-state index contributed by atoms with van der Waals surface area (Å²) < 4.78 is 62.7. The lowest BCUT2D eigenvalue weighted by Gasteiger charge is -2.27. The highest BCUT2D eigenvalue weighted by Gasteiger charge is 2.38. The van der Waals surface area contributed by atoms with E-state index in [1.54, 1.807) is 6.07 Å². The fraction of sp³-hybridized carbons (Fsp3) is 0.500. The fourth-order valence-electron chi connectivity index (χ4n) is 5.01. The average molecular weight is 515 g/mol. The second-order valence-corrected chi connectivity index (χ2v) is 10.8. The molecule has 1 fully saturated rings. The van der Waals surface area contributed by atoms with Crippen LogP contribution in [0.1, 0.15) is 48.3 Å². The number of fused-ring (bicyclic) bond motifs is 1. The van der Waals surface area contributed by atoms with Crippen molar-refractivity contribution < 1.29 is 41.5 Å². The Morgan fingerprint density at radius 2 is 1.86 bits per heavy atom. The molecular formula is C24H29F3NO6P. The quantitative estimate of drug-likeness (QED) is 0.432. The van der Waals surface area contributed by atoms with Gasteiger partial charge in [0.05, 0.1) is 13.2 Å². The number of phosphoric ester groups is 1. The molecule has 2 aliphatic rings. The van der Waals surface area contributed by atoms with Crippen LogP contribution in [0.3, 0.4) is 0 Å². The Hall–Kier alpha value is -2.10. The van der Waals surface area contributed by atoms with Crippen molar-refractivity contribution in [2.24, 2.45) is 11.7 Å². The molecule has 0 heterocycles. The van der Waals surface area contributed by atoms with Gasteiger partial charge in [-0.1, -0.05) is 24.3 Å². The van der Waals surface area contributed by atoms with Crippen molar-refractivity contribution in [1.29, 1.82) is 0 Å². The van der Waals surface area contributed by atoms with E-state index in [2.05, 4.69) is 27.5 Å². The molecule has 2 aromatic rings. The lowest BCUT2D eigenvalue weighted by molar-refractivity contribution is -0.274. The van der Waals surface area contributed by atoms with Crippen molar-refractivity contribution in [3.05, 3.63) is 59.2 Å². The largest absolute Gasteiger partial charge is 0.573 e. The number of aryl methyl sites for hydroxylation is 1. The summed E-state index contributed by atoms with van der Waals surface area (Å²) in [6.45, 7) is 0.222. The maximum absolute atomic E-state index is 12.4. The second kappa shape index (κ2) is 10.1. The van der Waals surface area contributed by atoms with E-state index in [-0.39, 0.29) is 24.2 Å². The molecule has 4 N–H and O–H groups in total. The van der Waals surface area contributed by atoms with E-state index >= 15 is 0 Å². The third-order valence-electron chi connectivity index (χ3n) is 6.72. The molecule has 192 valence electrons. The topological polar surface area (TPSA) is 111 Å². The van der Waals surface area contributed by atoms with E-state index in [1.807, 2.05) is 0 Å². The predicted molar refractivity (Wildman–Crippen MR) is 122 cm³/mol. The third-order valence-corrected chi connectivity index (χ3v) is 7.19. The Morgan fingerprint density at radius 1 is 1.09 bits per heavy atom. The van der Waals surface area contributed by atoms with E-state index in [9.17, 15) is 17.7 Å². The van der Waals surface area contributed by atoms with Crippen LogP contribution in [0.4, 0.5) is 13.2 Å². The smallest absolute Gasteiger partial charge is 0.493 e. The number of ether oxygens (including phenoxy) is 2. The highest BCUT2D eigenvalue weighted by Crippen LogP contribution is 2.44. The monoisotopic (exact) mass is 515 g/mol. The summed E-state index contributed by atoms with van der Waals surface area (Å²) in [5.41, 5.74) is 9.23. The first kappa shape index (κ1) is 26.0. The van der Waals surface area contributed by atoms with E-state index < -0.39 is 19.7 Å². The van der Waals surface area contributed by atoms with Gasteiger partial charge in [0.2, 0.25) is 0 Å². The summed E-state index contributed by atoms with van der Waals surface area (Å²) in [6, 6.07) is 11.9. The van der Waals surface area contributed by atoms with E-state index in [0.717, 1.165) is 25.7 Å². The van der Waals surface area contributed by atoms with Crippen LogP contribution in [0.25, 0.3) is 0 Å². The number of rotatable bonds is 8. The van der Waals surface area contributed by atoms with Crippen molar-refractivity contribution in [2.45, 2.75) is 56.3 Å². The molecule has 2 aliphatic carbocycles. The Bertz CT molecular complexity index is 1090. The summed E-state index contributed by atoms with van der Waals surface area (Å²) in [4.78, 5) is 17.9. The first-order valence-corrected chi connectivity index (χ1v) is 13.0. The van der Waals surface area contributed by atoms with Crippen molar-refractivity contribution in [3.63, 3.8) is 0 Å². The molecule has 0 aromatic heterocycles. The maximum Gasteiger partial charge on any atom is 0.573 e. The van der Waals surface area contributed by atoms with Gasteiger partial charge < -0.3 is 25.0 Å². The Morgan fingerprint density at radius 3 is 2.60 bits per heavy atom. The number of nitrogens with two attached hydrogens (primary N) is 1. The minimum Gasteiger partial charge on any atom is -0.493 e. The second-order valence-electron chi connectivity index (χ2n) is 9.54. The molecule has 0 saturated heterocycles. The van der Waals surface area contributed by atoms with Crippen LogP contribution >= 0.6 is 7.82 Å². The van der Waals surface area contributed by atoms with Crippen molar-refractivity contribution in [3.8, 4) is 11.5 Å². The number of halogens is 3. The van der Waals surface area contributed by atoms with Crippen molar-refractivity contribution in [1.82, 2.24) is 0 Å². The van der Waals surface area contributed by atoms with E-state index in [1.165, 1.54) is 34.9 Å². The predicted octanol–water partition coefficient (Wildman–Crippen LogP) is 4.84. The molecule has 0 amide bonds. The minimum atomic E-state index is -4.74. The molecule has 1 saturated carbocycles. The van der Waals surface area contributed by atoms with Crippen LogP contribution < -0.4 is 15.2 Å². The van der Waals surface area contributed by atoms with Gasteiger partial charge >= 0.3 is 14.2 Å². The first-order chi connectivity index (χ1) is 16.4. The SMILES string of the molecule is N[C@]1(COP(=O)(O)O)CC[C@H](c2ccc3c(c2)CC[C@@H](COc2cccc(OC(F)(F)F)c2)C3)C1. The zero-order valence-electron chi connectivity index (χ0n) is 19.0. The lowest BCUT2D eigenvalue weighted by Crippen LogP contribution is -2.41. The van der Waals surface area contributed by atoms with Gasteiger partial charge in [-0.2, -0.15) is 0 Å². The molecule has 0 radical (unpaired) electrons.